The van der Waals surface area contributed by atoms with Crippen molar-refractivity contribution >= 4 is 11.9 Å². The number of nitrogens with zero attached hydrogens (tertiary/aromatic N) is 1. The lowest BCUT2D eigenvalue weighted by molar-refractivity contribution is -0.147. The highest BCUT2D eigenvalue weighted by Gasteiger charge is 2.33. The van der Waals surface area contributed by atoms with Gasteiger partial charge in [-0.2, -0.15) is 0 Å². The third kappa shape index (κ3) is 3.01. The summed E-state index contributed by atoms with van der Waals surface area (Å²) in [7, 11) is 1.21. The number of piperidine rings is 1. The summed E-state index contributed by atoms with van der Waals surface area (Å²) in [5, 5.41) is 0. The van der Waals surface area contributed by atoms with E-state index in [1.54, 1.807) is 0 Å². The fourth-order valence-electron chi connectivity index (χ4n) is 2.40. The van der Waals surface area contributed by atoms with E-state index in [0.29, 0.717) is 25.0 Å². The zero-order valence-corrected chi connectivity index (χ0v) is 11.4. The van der Waals surface area contributed by atoms with Crippen LogP contribution in [0, 0.1) is 17.5 Å². The van der Waals surface area contributed by atoms with E-state index in [1.807, 2.05) is 0 Å². The van der Waals surface area contributed by atoms with Crippen molar-refractivity contribution in [3.8, 4) is 0 Å². The number of benzene rings is 1. The molecular formula is C14H14F3NO3. The van der Waals surface area contributed by atoms with Crippen molar-refractivity contribution in [3.63, 3.8) is 0 Å². The van der Waals surface area contributed by atoms with Crippen LogP contribution in [0.4, 0.5) is 13.2 Å². The zero-order chi connectivity index (χ0) is 15.6. The molecule has 0 aromatic heterocycles. The first kappa shape index (κ1) is 15.3. The van der Waals surface area contributed by atoms with Crippen molar-refractivity contribution in [1.82, 2.24) is 4.90 Å². The standard InChI is InChI=1S/C14H14F3NO3/c1-21-14(20)11-4-2-3-5-18(11)13(19)8-6-9(15)12(17)10(16)7-8/h6-7,11H,2-5H2,1H3. The van der Waals surface area contributed by atoms with Gasteiger partial charge in [0.2, 0.25) is 0 Å². The van der Waals surface area contributed by atoms with E-state index in [9.17, 15) is 22.8 Å². The number of rotatable bonds is 2. The van der Waals surface area contributed by atoms with Crippen LogP contribution < -0.4 is 0 Å². The lowest BCUT2D eigenvalue weighted by Crippen LogP contribution is -2.48. The maximum absolute atomic E-state index is 13.2. The van der Waals surface area contributed by atoms with Gasteiger partial charge in [0.15, 0.2) is 17.5 Å². The maximum Gasteiger partial charge on any atom is 0.328 e. The van der Waals surface area contributed by atoms with Crippen molar-refractivity contribution < 1.29 is 27.5 Å². The summed E-state index contributed by atoms with van der Waals surface area (Å²) in [4.78, 5) is 25.2. The van der Waals surface area contributed by atoms with Gasteiger partial charge in [0.05, 0.1) is 7.11 Å². The van der Waals surface area contributed by atoms with E-state index >= 15 is 0 Å². The fourth-order valence-corrected chi connectivity index (χ4v) is 2.40. The summed E-state index contributed by atoms with van der Waals surface area (Å²) in [6, 6.07) is 0.473. The van der Waals surface area contributed by atoms with Crippen LogP contribution in [-0.4, -0.2) is 36.5 Å². The van der Waals surface area contributed by atoms with E-state index < -0.39 is 35.4 Å². The number of hydrogen-bond donors (Lipinski definition) is 0. The van der Waals surface area contributed by atoms with E-state index in [4.69, 9.17) is 0 Å². The lowest BCUT2D eigenvalue weighted by Gasteiger charge is -2.33. The Morgan fingerprint density at radius 3 is 2.38 bits per heavy atom. The third-order valence-corrected chi connectivity index (χ3v) is 3.47. The topological polar surface area (TPSA) is 46.6 Å². The minimum absolute atomic E-state index is 0.277. The lowest BCUT2D eigenvalue weighted by atomic mass is 10.0. The maximum atomic E-state index is 13.2. The van der Waals surface area contributed by atoms with Gasteiger partial charge in [0, 0.05) is 12.1 Å². The van der Waals surface area contributed by atoms with E-state index in [0.717, 1.165) is 6.42 Å². The monoisotopic (exact) mass is 301 g/mol. The second kappa shape index (κ2) is 6.15. The van der Waals surface area contributed by atoms with Crippen molar-refractivity contribution in [1.29, 1.82) is 0 Å². The summed E-state index contributed by atoms with van der Waals surface area (Å²) in [6.45, 7) is 0.277. The molecule has 0 N–H and O–H groups in total. The van der Waals surface area contributed by atoms with Gasteiger partial charge < -0.3 is 9.64 Å². The molecule has 21 heavy (non-hydrogen) atoms. The van der Waals surface area contributed by atoms with Crippen molar-refractivity contribution in [2.75, 3.05) is 13.7 Å². The van der Waals surface area contributed by atoms with Gasteiger partial charge in [-0.15, -0.1) is 0 Å². The second-order valence-electron chi connectivity index (χ2n) is 4.79. The number of likely N-dealkylation sites (tertiary alicyclic amines) is 1. The Morgan fingerprint density at radius 2 is 1.81 bits per heavy atom. The molecular weight excluding hydrogens is 287 g/mol. The molecule has 1 fully saturated rings. The van der Waals surface area contributed by atoms with Crippen LogP contribution in [-0.2, 0) is 9.53 Å². The average molecular weight is 301 g/mol. The molecule has 0 saturated carbocycles. The van der Waals surface area contributed by atoms with Gasteiger partial charge in [-0.25, -0.2) is 18.0 Å². The molecule has 0 spiro atoms. The molecule has 2 rings (SSSR count). The van der Waals surface area contributed by atoms with Crippen LogP contribution in [0.2, 0.25) is 0 Å². The smallest absolute Gasteiger partial charge is 0.328 e. The summed E-state index contributed by atoms with van der Waals surface area (Å²) >= 11 is 0. The van der Waals surface area contributed by atoms with E-state index in [1.165, 1.54) is 12.0 Å². The number of ether oxygens (including phenoxy) is 1. The van der Waals surface area contributed by atoms with Gasteiger partial charge in [-0.1, -0.05) is 0 Å². The van der Waals surface area contributed by atoms with Gasteiger partial charge in [-0.3, -0.25) is 4.79 Å². The molecule has 1 aliphatic rings. The first-order valence-corrected chi connectivity index (χ1v) is 6.49. The predicted molar refractivity (Wildman–Crippen MR) is 67.0 cm³/mol. The summed E-state index contributed by atoms with van der Waals surface area (Å²) in [5.74, 6) is -5.81. The number of methoxy groups -OCH3 is 1. The summed E-state index contributed by atoms with van der Waals surface area (Å²) in [5.41, 5.74) is -0.331. The van der Waals surface area contributed by atoms with Crippen LogP contribution >= 0.6 is 0 Å². The Morgan fingerprint density at radius 1 is 1.19 bits per heavy atom. The molecule has 1 saturated heterocycles. The van der Waals surface area contributed by atoms with Gasteiger partial charge in [0.1, 0.15) is 6.04 Å². The predicted octanol–water partition coefficient (Wildman–Crippen LogP) is 2.27. The number of hydrogen-bond acceptors (Lipinski definition) is 3. The molecule has 1 amide bonds. The first-order chi connectivity index (χ1) is 9.95. The Balaban J connectivity index is 2.31. The number of amides is 1. The van der Waals surface area contributed by atoms with Crippen LogP contribution in [0.3, 0.4) is 0 Å². The molecule has 0 aliphatic carbocycles. The molecule has 0 bridgehead atoms. The molecule has 1 aromatic rings. The third-order valence-electron chi connectivity index (χ3n) is 3.47. The molecule has 7 heteroatoms. The second-order valence-corrected chi connectivity index (χ2v) is 4.79. The Bertz CT molecular complexity index is 554. The number of esters is 1. The first-order valence-electron chi connectivity index (χ1n) is 6.49. The van der Waals surface area contributed by atoms with Crippen molar-refractivity contribution in [3.05, 3.63) is 35.1 Å². The van der Waals surface area contributed by atoms with Crippen LogP contribution in [0.25, 0.3) is 0 Å². The molecule has 1 heterocycles. The zero-order valence-electron chi connectivity index (χ0n) is 11.4. The van der Waals surface area contributed by atoms with E-state index in [2.05, 4.69) is 4.74 Å². The largest absolute Gasteiger partial charge is 0.467 e. The average Bonchev–Trinajstić information content (AvgIpc) is 2.50. The number of halogens is 3. The minimum Gasteiger partial charge on any atom is -0.467 e. The molecule has 0 radical (unpaired) electrons. The fraction of sp³-hybridized carbons (Fsp3) is 0.429. The normalized spacial score (nSPS) is 18.5. The molecule has 1 unspecified atom stereocenters. The highest BCUT2D eigenvalue weighted by molar-refractivity contribution is 5.97. The van der Waals surface area contributed by atoms with E-state index in [-0.39, 0.29) is 12.1 Å². The van der Waals surface area contributed by atoms with Gasteiger partial charge in [0.25, 0.3) is 5.91 Å². The Hall–Kier alpha value is -2.05. The highest BCUT2D eigenvalue weighted by Crippen LogP contribution is 2.22. The highest BCUT2D eigenvalue weighted by atomic mass is 19.2. The Labute approximate surface area is 119 Å². The minimum atomic E-state index is -1.63. The molecule has 4 nitrogen and oxygen atoms in total. The molecule has 114 valence electrons. The van der Waals surface area contributed by atoms with Crippen LogP contribution in [0.1, 0.15) is 29.6 Å². The molecule has 1 aromatic carbocycles. The van der Waals surface area contributed by atoms with Crippen LogP contribution in [0.5, 0.6) is 0 Å². The van der Waals surface area contributed by atoms with Crippen LogP contribution in [0.15, 0.2) is 12.1 Å². The SMILES string of the molecule is COC(=O)C1CCCCN1C(=O)c1cc(F)c(F)c(F)c1. The van der Waals surface area contributed by atoms with Crippen molar-refractivity contribution in [2.45, 2.75) is 25.3 Å². The number of carbonyl (C=O) groups is 2. The van der Waals surface area contributed by atoms with Gasteiger partial charge >= 0.3 is 5.97 Å². The molecule has 1 atom stereocenters. The Kier molecular flexibility index (Phi) is 4.50. The number of carbonyl (C=O) groups excluding carboxylic acids is 2. The van der Waals surface area contributed by atoms with Gasteiger partial charge in [-0.05, 0) is 31.4 Å². The summed E-state index contributed by atoms with van der Waals surface area (Å²) < 4.78 is 44.0. The quantitative estimate of drug-likeness (QED) is 0.622. The molecule has 1 aliphatic heterocycles. The summed E-state index contributed by atoms with van der Waals surface area (Å²) in [6.07, 6.45) is 1.84. The van der Waals surface area contributed by atoms with Crippen molar-refractivity contribution in [2.24, 2.45) is 0 Å².